The number of anilines is 1. The topological polar surface area (TPSA) is 138 Å². The molecule has 0 aliphatic rings. The minimum absolute atomic E-state index is 0.112. The van der Waals surface area contributed by atoms with Gasteiger partial charge in [0, 0.05) is 22.8 Å². The Kier molecular flexibility index (Phi) is 6.15. The Hall–Kier alpha value is -3.68. The maximum absolute atomic E-state index is 11.9. The van der Waals surface area contributed by atoms with Gasteiger partial charge in [0.1, 0.15) is 16.6 Å². The number of thiazole rings is 1. The van der Waals surface area contributed by atoms with Crippen LogP contribution in [0, 0.1) is 18.3 Å². The second-order valence-electron chi connectivity index (χ2n) is 6.21. The first-order valence-corrected chi connectivity index (χ1v) is 11.0. The summed E-state index contributed by atoms with van der Waals surface area (Å²) < 4.78 is 25.5. The number of nitrogens with one attached hydrogen (secondary N) is 2. The van der Waals surface area contributed by atoms with Crippen LogP contribution in [0.1, 0.15) is 10.6 Å². The first kappa shape index (κ1) is 21.0. The molecule has 2 aromatic carbocycles. The lowest BCUT2D eigenvalue weighted by molar-refractivity contribution is 0.253. The van der Waals surface area contributed by atoms with Gasteiger partial charge in [0.05, 0.1) is 10.6 Å². The highest BCUT2D eigenvalue weighted by atomic mass is 32.2. The van der Waals surface area contributed by atoms with Crippen LogP contribution < -0.4 is 15.8 Å². The van der Waals surface area contributed by atoms with Gasteiger partial charge in [-0.1, -0.05) is 29.8 Å². The molecule has 8 nitrogen and oxygen atoms in total. The number of sulfonamides is 1. The van der Waals surface area contributed by atoms with E-state index >= 15 is 0 Å². The summed E-state index contributed by atoms with van der Waals surface area (Å²) in [5, 5.41) is 14.9. The molecule has 152 valence electrons. The van der Waals surface area contributed by atoms with Gasteiger partial charge in [-0.3, -0.25) is 0 Å². The van der Waals surface area contributed by atoms with E-state index in [1.54, 1.807) is 4.72 Å². The zero-order valence-electron chi connectivity index (χ0n) is 15.8. The summed E-state index contributed by atoms with van der Waals surface area (Å²) in [4.78, 5) is 15.2. The number of carbonyl (C=O) groups excluding carboxylic acids is 1. The number of urea groups is 1. The second kappa shape index (κ2) is 8.77. The summed E-state index contributed by atoms with van der Waals surface area (Å²) >= 11 is 1.35. The molecule has 4 N–H and O–H groups in total. The number of hydrogen-bond acceptors (Lipinski definition) is 7. The fraction of sp³-hybridized carbons (Fsp3) is 0.0500. The summed E-state index contributed by atoms with van der Waals surface area (Å²) in [7, 11) is -4.01. The SMILES string of the molecule is Cc1ccc(-c2csc(C(C#N)=CNc3ccc(S(=O)(=O)NC(N)=O)cc3)n2)cc1. The van der Waals surface area contributed by atoms with E-state index in [-0.39, 0.29) is 4.90 Å². The normalized spacial score (nSPS) is 11.5. The van der Waals surface area contributed by atoms with E-state index in [1.165, 1.54) is 41.8 Å². The molecule has 0 aliphatic carbocycles. The third-order valence-corrected chi connectivity index (χ3v) is 6.22. The molecule has 0 unspecified atom stereocenters. The number of amides is 2. The third-order valence-electron chi connectivity index (χ3n) is 3.99. The van der Waals surface area contributed by atoms with E-state index in [4.69, 9.17) is 5.73 Å². The van der Waals surface area contributed by atoms with E-state index in [1.807, 2.05) is 36.6 Å². The van der Waals surface area contributed by atoms with Crippen LogP contribution in [0.2, 0.25) is 0 Å². The van der Waals surface area contributed by atoms with Gasteiger partial charge in [-0.25, -0.2) is 22.9 Å². The molecule has 0 bridgehead atoms. The van der Waals surface area contributed by atoms with Crippen molar-refractivity contribution in [2.75, 3.05) is 5.32 Å². The smallest absolute Gasteiger partial charge is 0.326 e. The molecular weight excluding hydrogens is 422 g/mol. The van der Waals surface area contributed by atoms with Gasteiger partial charge in [0.25, 0.3) is 10.0 Å². The van der Waals surface area contributed by atoms with Crippen LogP contribution >= 0.6 is 11.3 Å². The molecule has 0 radical (unpaired) electrons. The number of hydrogen-bond donors (Lipinski definition) is 3. The summed E-state index contributed by atoms with van der Waals surface area (Å²) in [5.41, 5.74) is 8.65. The molecule has 0 fully saturated rings. The van der Waals surface area contributed by atoms with Gasteiger partial charge >= 0.3 is 6.03 Å². The van der Waals surface area contributed by atoms with Gasteiger partial charge in [-0.15, -0.1) is 11.3 Å². The molecule has 30 heavy (non-hydrogen) atoms. The number of allylic oxidation sites excluding steroid dienone is 1. The Morgan fingerprint density at radius 2 is 1.83 bits per heavy atom. The van der Waals surface area contributed by atoms with Crippen molar-refractivity contribution in [2.45, 2.75) is 11.8 Å². The van der Waals surface area contributed by atoms with Crippen molar-refractivity contribution in [1.82, 2.24) is 9.71 Å². The number of nitriles is 1. The number of nitrogens with two attached hydrogens (primary N) is 1. The van der Waals surface area contributed by atoms with Crippen LogP contribution in [-0.2, 0) is 10.0 Å². The Morgan fingerprint density at radius 1 is 1.17 bits per heavy atom. The highest BCUT2D eigenvalue weighted by molar-refractivity contribution is 7.90. The average molecular weight is 440 g/mol. The van der Waals surface area contributed by atoms with E-state index in [9.17, 15) is 18.5 Å². The van der Waals surface area contributed by atoms with E-state index in [2.05, 4.69) is 16.4 Å². The number of aryl methyl sites for hydroxylation is 1. The standard InChI is InChI=1S/C20H17N5O3S2/c1-13-2-4-14(5-3-13)18-12-29-19(24-18)15(10-21)11-23-16-6-8-17(9-7-16)30(27,28)25-20(22)26/h2-9,11-12,23H,1H3,(H3,22,25,26). The summed E-state index contributed by atoms with van der Waals surface area (Å²) in [6, 6.07) is 14.5. The molecule has 3 rings (SSSR count). The second-order valence-corrected chi connectivity index (χ2v) is 8.75. The molecule has 1 heterocycles. The molecule has 0 atom stereocenters. The van der Waals surface area contributed by atoms with Crippen LogP contribution in [0.4, 0.5) is 10.5 Å². The molecule has 3 aromatic rings. The minimum Gasteiger partial charge on any atom is -0.360 e. The minimum atomic E-state index is -4.01. The Labute approximate surface area is 177 Å². The fourth-order valence-corrected chi connectivity index (χ4v) is 4.15. The van der Waals surface area contributed by atoms with Gasteiger partial charge in [-0.2, -0.15) is 5.26 Å². The molecule has 0 saturated heterocycles. The Balaban J connectivity index is 1.76. The van der Waals surface area contributed by atoms with E-state index in [0.717, 1.165) is 16.8 Å². The largest absolute Gasteiger partial charge is 0.360 e. The predicted molar refractivity (Wildman–Crippen MR) is 116 cm³/mol. The van der Waals surface area contributed by atoms with Crippen molar-refractivity contribution >= 4 is 38.7 Å². The van der Waals surface area contributed by atoms with E-state index < -0.39 is 16.1 Å². The third kappa shape index (κ3) is 5.02. The van der Waals surface area contributed by atoms with Crippen molar-refractivity contribution < 1.29 is 13.2 Å². The maximum Gasteiger partial charge on any atom is 0.326 e. The molecule has 0 saturated carbocycles. The number of primary amides is 1. The maximum atomic E-state index is 11.9. The first-order valence-electron chi connectivity index (χ1n) is 8.60. The summed E-state index contributed by atoms with van der Waals surface area (Å²) in [6.07, 6.45) is 1.50. The monoisotopic (exact) mass is 439 g/mol. The highest BCUT2D eigenvalue weighted by Gasteiger charge is 2.15. The zero-order chi connectivity index (χ0) is 21.7. The van der Waals surface area contributed by atoms with E-state index in [0.29, 0.717) is 16.3 Å². The lowest BCUT2D eigenvalue weighted by Crippen LogP contribution is -2.34. The molecule has 0 spiro atoms. The van der Waals surface area contributed by atoms with Crippen molar-refractivity contribution in [3.63, 3.8) is 0 Å². The van der Waals surface area contributed by atoms with Gasteiger partial charge in [0.2, 0.25) is 0 Å². The van der Waals surface area contributed by atoms with Crippen LogP contribution in [0.15, 0.2) is 65.0 Å². The fourth-order valence-electron chi connectivity index (χ4n) is 2.47. The lowest BCUT2D eigenvalue weighted by Gasteiger charge is -2.06. The van der Waals surface area contributed by atoms with Crippen LogP contribution in [0.5, 0.6) is 0 Å². The number of benzene rings is 2. The Bertz CT molecular complexity index is 1240. The Morgan fingerprint density at radius 3 is 2.43 bits per heavy atom. The molecular formula is C20H17N5O3S2. The molecule has 1 aromatic heterocycles. The molecule has 2 amide bonds. The molecule has 0 aliphatic heterocycles. The van der Waals surface area contributed by atoms with Crippen LogP contribution in [0.3, 0.4) is 0 Å². The van der Waals surface area contributed by atoms with Crippen LogP contribution in [-0.4, -0.2) is 19.4 Å². The van der Waals surface area contributed by atoms with Gasteiger partial charge in [-0.05, 0) is 31.2 Å². The summed E-state index contributed by atoms with van der Waals surface area (Å²) in [5.74, 6) is 0. The predicted octanol–water partition coefficient (Wildman–Crippen LogP) is 3.45. The number of aromatic nitrogens is 1. The number of rotatable bonds is 6. The average Bonchev–Trinajstić information content (AvgIpc) is 3.18. The van der Waals surface area contributed by atoms with Crippen molar-refractivity contribution in [2.24, 2.45) is 5.73 Å². The number of carbonyl (C=O) groups is 1. The number of nitrogens with zero attached hydrogens (tertiary/aromatic N) is 2. The highest BCUT2D eigenvalue weighted by Crippen LogP contribution is 2.26. The summed E-state index contributed by atoms with van der Waals surface area (Å²) in [6.45, 7) is 2.01. The first-order chi connectivity index (χ1) is 14.3. The van der Waals surface area contributed by atoms with Crippen molar-refractivity contribution in [3.05, 3.63) is 70.7 Å². The van der Waals surface area contributed by atoms with Crippen molar-refractivity contribution in [3.8, 4) is 17.3 Å². The van der Waals surface area contributed by atoms with Gasteiger partial charge in [0.15, 0.2) is 0 Å². The molecule has 10 heteroatoms. The zero-order valence-corrected chi connectivity index (χ0v) is 17.4. The lowest BCUT2D eigenvalue weighted by atomic mass is 10.1. The van der Waals surface area contributed by atoms with Crippen molar-refractivity contribution in [1.29, 1.82) is 5.26 Å². The van der Waals surface area contributed by atoms with Gasteiger partial charge < -0.3 is 11.1 Å². The van der Waals surface area contributed by atoms with Crippen LogP contribution in [0.25, 0.3) is 16.8 Å². The quantitative estimate of drug-likeness (QED) is 0.503.